The van der Waals surface area contributed by atoms with E-state index in [1.54, 1.807) is 21.1 Å². The molecule has 0 aliphatic carbocycles. The van der Waals surface area contributed by atoms with Crippen molar-refractivity contribution in [3.63, 3.8) is 0 Å². The van der Waals surface area contributed by atoms with E-state index in [9.17, 15) is 4.79 Å². The molecule has 2 heterocycles. The molecule has 7 heteroatoms. The Morgan fingerprint density at radius 1 is 1.43 bits per heavy atom. The van der Waals surface area contributed by atoms with E-state index < -0.39 is 0 Å². The molecule has 2 aromatic rings. The number of anilines is 1. The Bertz CT molecular complexity index is 642. The zero-order valence-electron chi connectivity index (χ0n) is 13.5. The predicted octanol–water partition coefficient (Wildman–Crippen LogP) is 2.51. The minimum atomic E-state index is -0.0466. The highest BCUT2D eigenvalue weighted by Crippen LogP contribution is 2.31. The van der Waals surface area contributed by atoms with Crippen molar-refractivity contribution in [1.82, 2.24) is 15.2 Å². The number of likely N-dealkylation sites (N-methyl/N-ethyl adjacent to an activating group) is 1. The first-order chi connectivity index (χ1) is 11.2. The molecule has 1 aromatic heterocycles. The summed E-state index contributed by atoms with van der Waals surface area (Å²) in [6.07, 6.45) is 0.880. The number of benzene rings is 1. The maximum atomic E-state index is 12.5. The number of urea groups is 1. The maximum Gasteiger partial charge on any atom is 0.327 e. The zero-order valence-corrected chi connectivity index (χ0v) is 14.3. The molecule has 1 aliphatic rings. The largest absolute Gasteiger partial charge is 0.382 e. The van der Waals surface area contributed by atoms with Crippen LogP contribution in [-0.4, -0.2) is 55.4 Å². The van der Waals surface area contributed by atoms with Crippen LogP contribution < -0.4 is 10.2 Å². The van der Waals surface area contributed by atoms with Gasteiger partial charge in [-0.05, 0) is 32.0 Å². The first-order valence-electron chi connectivity index (χ1n) is 7.91. The van der Waals surface area contributed by atoms with E-state index in [-0.39, 0.29) is 12.2 Å². The summed E-state index contributed by atoms with van der Waals surface area (Å²) in [6.45, 7) is 4.94. The van der Waals surface area contributed by atoms with Gasteiger partial charge in [-0.25, -0.2) is 9.78 Å². The van der Waals surface area contributed by atoms with Crippen molar-refractivity contribution >= 4 is 32.7 Å². The van der Waals surface area contributed by atoms with Gasteiger partial charge in [-0.1, -0.05) is 23.5 Å². The van der Waals surface area contributed by atoms with Crippen molar-refractivity contribution in [1.29, 1.82) is 0 Å². The average molecular weight is 334 g/mol. The summed E-state index contributed by atoms with van der Waals surface area (Å²) >= 11 is 1.55. The summed E-state index contributed by atoms with van der Waals surface area (Å²) in [7, 11) is 1.82. The number of fused-ring (bicyclic) bond motifs is 1. The van der Waals surface area contributed by atoms with Crippen molar-refractivity contribution in [3.05, 3.63) is 24.3 Å². The molecule has 1 aliphatic heterocycles. The number of hydrogen-bond acceptors (Lipinski definition) is 5. The SMILES string of the molecule is CCOCCCNC1CN(C)C(=O)N1c1nc2ccccc2s1. The van der Waals surface area contributed by atoms with E-state index in [2.05, 4.69) is 10.3 Å². The van der Waals surface area contributed by atoms with E-state index in [1.807, 2.05) is 38.2 Å². The van der Waals surface area contributed by atoms with Crippen LogP contribution in [-0.2, 0) is 4.74 Å². The molecule has 0 bridgehead atoms. The van der Waals surface area contributed by atoms with Gasteiger partial charge in [0, 0.05) is 20.3 Å². The smallest absolute Gasteiger partial charge is 0.327 e. The van der Waals surface area contributed by atoms with Crippen molar-refractivity contribution in [3.8, 4) is 0 Å². The highest BCUT2D eigenvalue weighted by molar-refractivity contribution is 7.22. The maximum absolute atomic E-state index is 12.5. The lowest BCUT2D eigenvalue weighted by Crippen LogP contribution is -2.45. The van der Waals surface area contributed by atoms with Gasteiger partial charge >= 0.3 is 6.03 Å². The van der Waals surface area contributed by atoms with Gasteiger partial charge in [0.15, 0.2) is 5.13 Å². The lowest BCUT2D eigenvalue weighted by Gasteiger charge is -2.21. The van der Waals surface area contributed by atoms with E-state index in [0.717, 1.165) is 41.5 Å². The van der Waals surface area contributed by atoms with Crippen LogP contribution in [0.15, 0.2) is 24.3 Å². The Kier molecular flexibility index (Phi) is 5.09. The van der Waals surface area contributed by atoms with Crippen LogP contribution >= 0.6 is 11.3 Å². The monoisotopic (exact) mass is 334 g/mol. The van der Waals surface area contributed by atoms with E-state index >= 15 is 0 Å². The third-order valence-corrected chi connectivity index (χ3v) is 4.87. The number of carbonyl (C=O) groups excluding carboxylic acids is 1. The molecule has 124 valence electrons. The van der Waals surface area contributed by atoms with E-state index in [4.69, 9.17) is 4.74 Å². The molecule has 1 N–H and O–H groups in total. The number of amides is 2. The molecule has 2 amide bonds. The normalized spacial score (nSPS) is 18.3. The molecule has 3 rings (SSSR count). The summed E-state index contributed by atoms with van der Waals surface area (Å²) < 4.78 is 6.45. The van der Waals surface area contributed by atoms with Crippen LogP contribution in [0.1, 0.15) is 13.3 Å². The quantitative estimate of drug-likeness (QED) is 0.791. The average Bonchev–Trinajstić information content (AvgIpc) is 3.08. The number of hydrogen-bond donors (Lipinski definition) is 1. The molecule has 0 saturated carbocycles. The number of ether oxygens (including phenoxy) is 1. The van der Waals surface area contributed by atoms with Crippen LogP contribution in [0.5, 0.6) is 0 Å². The van der Waals surface area contributed by atoms with Gasteiger partial charge in [0.25, 0.3) is 0 Å². The fourth-order valence-electron chi connectivity index (χ4n) is 2.66. The van der Waals surface area contributed by atoms with Gasteiger partial charge in [0.2, 0.25) is 0 Å². The molecular formula is C16H22N4O2S. The van der Waals surface area contributed by atoms with Gasteiger partial charge in [0.1, 0.15) is 6.17 Å². The Hall–Kier alpha value is -1.70. The number of nitrogens with zero attached hydrogens (tertiary/aromatic N) is 3. The predicted molar refractivity (Wildman–Crippen MR) is 93.0 cm³/mol. The molecule has 0 radical (unpaired) electrons. The summed E-state index contributed by atoms with van der Waals surface area (Å²) in [5.41, 5.74) is 0.935. The lowest BCUT2D eigenvalue weighted by molar-refractivity contribution is 0.144. The van der Waals surface area contributed by atoms with Crippen LogP contribution in [0, 0.1) is 0 Å². The molecule has 1 saturated heterocycles. The summed E-state index contributed by atoms with van der Waals surface area (Å²) in [5, 5.41) is 4.20. The summed E-state index contributed by atoms with van der Waals surface area (Å²) in [6, 6.07) is 7.96. The Labute approximate surface area is 140 Å². The van der Waals surface area contributed by atoms with Gasteiger partial charge < -0.3 is 9.64 Å². The van der Waals surface area contributed by atoms with E-state index in [0.29, 0.717) is 6.54 Å². The second kappa shape index (κ2) is 7.25. The number of carbonyl (C=O) groups is 1. The van der Waals surface area contributed by atoms with E-state index in [1.165, 1.54) is 0 Å². The summed E-state index contributed by atoms with van der Waals surface area (Å²) in [5.74, 6) is 0. The standard InChI is InChI=1S/C16H22N4O2S/c1-3-22-10-6-9-17-14-11-19(2)16(21)20(14)15-18-12-7-4-5-8-13(12)23-15/h4-5,7-8,14,17H,3,6,9-11H2,1-2H3. The zero-order chi connectivity index (χ0) is 16.2. The molecule has 1 aromatic carbocycles. The van der Waals surface area contributed by atoms with Crippen molar-refractivity contribution in [2.75, 3.05) is 38.3 Å². The number of aromatic nitrogens is 1. The molecule has 0 spiro atoms. The van der Waals surface area contributed by atoms with Crippen LogP contribution in [0.3, 0.4) is 0 Å². The van der Waals surface area contributed by atoms with Gasteiger partial charge in [0.05, 0.1) is 16.8 Å². The van der Waals surface area contributed by atoms with Crippen molar-refractivity contribution in [2.24, 2.45) is 0 Å². The first-order valence-corrected chi connectivity index (χ1v) is 8.73. The number of thiazole rings is 1. The fourth-order valence-corrected chi connectivity index (χ4v) is 3.67. The second-order valence-electron chi connectivity index (χ2n) is 5.52. The molecular weight excluding hydrogens is 312 g/mol. The first kappa shape index (κ1) is 16.2. The summed E-state index contributed by atoms with van der Waals surface area (Å²) in [4.78, 5) is 20.6. The Morgan fingerprint density at radius 3 is 3.04 bits per heavy atom. The Morgan fingerprint density at radius 2 is 2.26 bits per heavy atom. The highest BCUT2D eigenvalue weighted by Gasteiger charge is 2.37. The number of nitrogens with one attached hydrogen (secondary N) is 1. The molecule has 23 heavy (non-hydrogen) atoms. The third-order valence-electron chi connectivity index (χ3n) is 3.83. The second-order valence-corrected chi connectivity index (χ2v) is 6.53. The van der Waals surface area contributed by atoms with Crippen LogP contribution in [0.2, 0.25) is 0 Å². The minimum absolute atomic E-state index is 0.00800. The minimum Gasteiger partial charge on any atom is -0.382 e. The van der Waals surface area contributed by atoms with Crippen molar-refractivity contribution < 1.29 is 9.53 Å². The number of rotatable bonds is 7. The van der Waals surface area contributed by atoms with Gasteiger partial charge in [-0.15, -0.1) is 0 Å². The highest BCUT2D eigenvalue weighted by atomic mass is 32.1. The topological polar surface area (TPSA) is 57.7 Å². The molecule has 1 fully saturated rings. The molecule has 1 atom stereocenters. The number of para-hydroxylation sites is 1. The Balaban J connectivity index is 1.72. The van der Waals surface area contributed by atoms with Crippen LogP contribution in [0.25, 0.3) is 10.2 Å². The van der Waals surface area contributed by atoms with Gasteiger partial charge in [-0.3, -0.25) is 10.2 Å². The molecule has 1 unspecified atom stereocenters. The van der Waals surface area contributed by atoms with Crippen LogP contribution in [0.4, 0.5) is 9.93 Å². The third kappa shape index (κ3) is 3.46. The van der Waals surface area contributed by atoms with Crippen molar-refractivity contribution in [2.45, 2.75) is 19.5 Å². The lowest BCUT2D eigenvalue weighted by atomic mass is 10.3. The van der Waals surface area contributed by atoms with Gasteiger partial charge in [-0.2, -0.15) is 0 Å². The molecule has 6 nitrogen and oxygen atoms in total. The fraction of sp³-hybridized carbons (Fsp3) is 0.500.